The second-order valence-corrected chi connectivity index (χ2v) is 20.5. The van der Waals surface area contributed by atoms with Gasteiger partial charge >= 0.3 is 12.1 Å². The number of rotatable bonds is 12. The predicted molar refractivity (Wildman–Crippen MR) is 245 cm³/mol. The van der Waals surface area contributed by atoms with Crippen LogP contribution >= 0.6 is 22.9 Å². The number of carboxylic acids is 1. The van der Waals surface area contributed by atoms with E-state index in [1.165, 1.54) is 16.2 Å². The molecule has 0 spiro atoms. The van der Waals surface area contributed by atoms with Crippen LogP contribution in [0.5, 0.6) is 11.5 Å². The molecule has 6 fully saturated rings. The first kappa shape index (κ1) is 45.7. The van der Waals surface area contributed by atoms with Gasteiger partial charge in [-0.15, -0.1) is 11.3 Å². The molecule has 3 aromatic rings. The highest BCUT2D eigenvalue weighted by atomic mass is 35.5. The number of morpholine rings is 1. The maximum Gasteiger partial charge on any atom is 0.408 e. The fourth-order valence-electron chi connectivity index (χ4n) is 10.6. The number of anilines is 1. The fraction of sp³-hybridized carbons (Fsp3) is 0.660. The molecule has 3 aliphatic carbocycles. The number of amides is 3. The number of thiazole rings is 1. The first-order valence-electron chi connectivity index (χ1n) is 23.6. The molecule has 0 bridgehead atoms. The van der Waals surface area contributed by atoms with E-state index in [0.29, 0.717) is 109 Å². The zero-order valence-electron chi connectivity index (χ0n) is 37.5. The molecule has 6 aliphatic rings. The summed E-state index contributed by atoms with van der Waals surface area (Å²) in [5.41, 5.74) is 0.166. The summed E-state index contributed by atoms with van der Waals surface area (Å²) >= 11 is 8.58. The summed E-state index contributed by atoms with van der Waals surface area (Å²) in [4.78, 5) is 69.0. The molecule has 1 aromatic carbocycles. The van der Waals surface area contributed by atoms with Crippen LogP contribution in [-0.4, -0.2) is 131 Å². The summed E-state index contributed by atoms with van der Waals surface area (Å²) in [5, 5.41) is 23.1. The molecule has 9 rings (SSSR count). The summed E-state index contributed by atoms with van der Waals surface area (Å²) in [6.07, 6.45) is 5.82. The van der Waals surface area contributed by atoms with Crippen molar-refractivity contribution in [1.29, 1.82) is 0 Å². The number of hydrogen-bond acceptors (Lipinski definition) is 13. The van der Waals surface area contributed by atoms with Gasteiger partial charge in [0.25, 0.3) is 0 Å². The molecule has 352 valence electrons. The van der Waals surface area contributed by atoms with Gasteiger partial charge in [-0.2, -0.15) is 0 Å². The number of alkyl carbamates (subject to hydrolysis) is 1. The van der Waals surface area contributed by atoms with Crippen LogP contribution in [0.1, 0.15) is 91.4 Å². The quantitative estimate of drug-likeness (QED) is 0.150. The summed E-state index contributed by atoms with van der Waals surface area (Å²) in [7, 11) is 0. The van der Waals surface area contributed by atoms with Crippen molar-refractivity contribution < 1.29 is 43.2 Å². The number of nitrogens with one attached hydrogen (secondary N) is 3. The third-order valence-electron chi connectivity index (χ3n) is 14.5. The highest BCUT2D eigenvalue weighted by molar-refractivity contribution is 7.14. The van der Waals surface area contributed by atoms with Gasteiger partial charge in [0.1, 0.15) is 58.7 Å². The molecule has 65 heavy (non-hydrogen) atoms. The normalized spacial score (nSPS) is 30.6. The highest BCUT2D eigenvalue weighted by Gasteiger charge is 2.62. The van der Waals surface area contributed by atoms with E-state index in [1.807, 2.05) is 25.3 Å². The van der Waals surface area contributed by atoms with E-state index in [0.717, 1.165) is 56.7 Å². The van der Waals surface area contributed by atoms with E-state index < -0.39 is 47.6 Å². The Labute approximate surface area is 388 Å². The Hall–Kier alpha value is -4.45. The minimum Gasteiger partial charge on any atom is -0.491 e. The predicted octanol–water partition coefficient (Wildman–Crippen LogP) is 6.73. The van der Waals surface area contributed by atoms with Crippen molar-refractivity contribution in [1.82, 2.24) is 30.4 Å². The number of carboxylic acid groups (broad SMARTS) is 1. The topological polar surface area (TPSA) is 194 Å². The van der Waals surface area contributed by atoms with Crippen molar-refractivity contribution in [2.24, 2.45) is 23.7 Å². The van der Waals surface area contributed by atoms with Gasteiger partial charge in [-0.3, -0.25) is 14.5 Å². The standard InChI is InChI=1S/C47H62ClN7O9S/c1-26(2)49-45-51-36(25-65-45)35-22-39(31-11-12-38(40(48)41(31)50-35)62-18-15-54-13-16-61-17-14-54)63-30-21-37-42(56)53-47(44(58)59)23-28(47)9-7-5-4-6-8-10-34(43(57)55(37)24-30)52-46(60)64-29-19-32-27(3)33(32)20-29/h11-12,22,25-30,32-34,37H,4-10,13-21,23-24H2,1-3H3,(H,49,51)(H,52,60)(H,53,56)(H,58,59)/t27?,28-,29?,30-,32-,33+,34?,37+,47-/m1/s1. The minimum atomic E-state index is -1.39. The molecule has 2 aromatic heterocycles. The number of nitrogens with zero attached hydrogens (tertiary/aromatic N) is 4. The Morgan fingerprint density at radius 3 is 2.52 bits per heavy atom. The average Bonchev–Trinajstić information content (AvgIpc) is 3.76. The van der Waals surface area contributed by atoms with E-state index >= 15 is 0 Å². The molecule has 3 aliphatic heterocycles. The number of halogens is 1. The third kappa shape index (κ3) is 10.1. The Morgan fingerprint density at radius 2 is 1.77 bits per heavy atom. The smallest absolute Gasteiger partial charge is 0.408 e. The lowest BCUT2D eigenvalue weighted by atomic mass is 10.0. The Kier molecular flexibility index (Phi) is 13.6. The molecule has 3 amide bonds. The molecule has 9 atom stereocenters. The first-order valence-corrected chi connectivity index (χ1v) is 24.9. The van der Waals surface area contributed by atoms with Crippen molar-refractivity contribution >= 4 is 62.8 Å². The van der Waals surface area contributed by atoms with Crippen LogP contribution in [0.3, 0.4) is 0 Å². The lowest BCUT2D eigenvalue weighted by molar-refractivity contribution is -0.146. The summed E-state index contributed by atoms with van der Waals surface area (Å²) in [6.45, 7) is 10.5. The molecule has 18 heteroatoms. The fourth-order valence-corrected chi connectivity index (χ4v) is 11.8. The van der Waals surface area contributed by atoms with Crippen LogP contribution in [0, 0.1) is 23.7 Å². The van der Waals surface area contributed by atoms with Crippen LogP contribution in [0.4, 0.5) is 9.93 Å². The van der Waals surface area contributed by atoms with Gasteiger partial charge < -0.3 is 44.9 Å². The van der Waals surface area contributed by atoms with Crippen LogP contribution in [0.15, 0.2) is 23.6 Å². The van der Waals surface area contributed by atoms with Crippen molar-refractivity contribution in [3.63, 3.8) is 0 Å². The number of fused-ring (bicyclic) bond motifs is 4. The minimum absolute atomic E-state index is 0.00625. The summed E-state index contributed by atoms with van der Waals surface area (Å²) < 4.78 is 24.4. The number of carbonyl (C=O) groups excluding carboxylic acids is 3. The van der Waals surface area contributed by atoms with Crippen LogP contribution in [-0.2, 0) is 23.9 Å². The Morgan fingerprint density at radius 1 is 1.02 bits per heavy atom. The van der Waals surface area contributed by atoms with Gasteiger partial charge in [-0.25, -0.2) is 19.6 Å². The third-order valence-corrected chi connectivity index (χ3v) is 15.6. The number of aromatic nitrogens is 2. The maximum absolute atomic E-state index is 14.8. The van der Waals surface area contributed by atoms with Crippen LogP contribution in [0.25, 0.3) is 22.3 Å². The van der Waals surface area contributed by atoms with E-state index in [1.54, 1.807) is 12.1 Å². The molecule has 4 N–H and O–H groups in total. The summed E-state index contributed by atoms with van der Waals surface area (Å²) in [6, 6.07) is 3.59. The monoisotopic (exact) mass is 935 g/mol. The molecule has 3 unspecified atom stereocenters. The zero-order chi connectivity index (χ0) is 45.4. The Balaban J connectivity index is 1.00. The lowest BCUT2D eigenvalue weighted by Gasteiger charge is -2.29. The van der Waals surface area contributed by atoms with Gasteiger partial charge in [0.05, 0.1) is 31.0 Å². The van der Waals surface area contributed by atoms with Crippen molar-refractivity contribution in [3.8, 4) is 22.9 Å². The van der Waals surface area contributed by atoms with Gasteiger partial charge in [0.15, 0.2) is 5.13 Å². The van der Waals surface area contributed by atoms with Crippen LogP contribution in [0.2, 0.25) is 5.02 Å². The number of carbonyl (C=O) groups is 4. The number of benzene rings is 1. The molecule has 5 heterocycles. The van der Waals surface area contributed by atoms with Gasteiger partial charge in [0.2, 0.25) is 11.8 Å². The highest BCUT2D eigenvalue weighted by Crippen LogP contribution is 2.57. The first-order chi connectivity index (χ1) is 31.4. The van der Waals surface area contributed by atoms with Crippen LogP contribution < -0.4 is 25.4 Å². The number of pyridine rings is 1. The molecular formula is C47H62ClN7O9S. The number of hydrogen-bond donors (Lipinski definition) is 4. The molecule has 3 saturated carbocycles. The summed E-state index contributed by atoms with van der Waals surface area (Å²) in [5.74, 6) is 0.464. The zero-order valence-corrected chi connectivity index (χ0v) is 39.1. The number of aliphatic carboxylic acids is 1. The van der Waals surface area contributed by atoms with Crippen molar-refractivity contribution in [2.45, 2.75) is 127 Å². The Bertz CT molecular complexity index is 2250. The maximum atomic E-state index is 14.8. The number of ether oxygens (including phenoxy) is 4. The van der Waals surface area contributed by atoms with Crippen molar-refractivity contribution in [2.75, 3.05) is 51.3 Å². The molecule has 0 radical (unpaired) electrons. The second kappa shape index (κ2) is 19.4. The van der Waals surface area contributed by atoms with E-state index in [2.05, 4.69) is 27.8 Å². The SMILES string of the molecule is CC(C)Nc1nc(-c2cc(O[C@@H]3C[C@H]4C(=O)N[C@]5(C(=O)O)C[C@H]5CCCCCCCC(NC(=O)OC5C[C@@H]6C(C)[C@@H]6C5)C(=O)N4C3)c3ccc(OCCN4CCOCC4)c(Cl)c3n2)cs1. The van der Waals surface area contributed by atoms with E-state index in [-0.39, 0.29) is 31.0 Å². The van der Waals surface area contributed by atoms with Crippen molar-refractivity contribution in [3.05, 3.63) is 28.6 Å². The van der Waals surface area contributed by atoms with Gasteiger partial charge in [-0.05, 0) is 81.8 Å². The molecule has 3 saturated heterocycles. The molecule has 16 nitrogen and oxygen atoms in total. The molecular weight excluding hydrogens is 874 g/mol. The average molecular weight is 937 g/mol. The largest absolute Gasteiger partial charge is 0.491 e. The van der Waals surface area contributed by atoms with E-state index in [4.69, 9.17) is 40.5 Å². The van der Waals surface area contributed by atoms with Gasteiger partial charge in [-0.1, -0.05) is 50.6 Å². The van der Waals surface area contributed by atoms with E-state index in [9.17, 15) is 24.3 Å². The second-order valence-electron chi connectivity index (χ2n) is 19.3. The van der Waals surface area contributed by atoms with Gasteiger partial charge in [0, 0.05) is 48.9 Å². The lowest BCUT2D eigenvalue weighted by Crippen LogP contribution is -2.56.